The van der Waals surface area contributed by atoms with Crippen LogP contribution in [0.15, 0.2) is 51.7 Å². The summed E-state index contributed by atoms with van der Waals surface area (Å²) in [5.74, 6) is 1.05. The van der Waals surface area contributed by atoms with E-state index in [0.29, 0.717) is 23.2 Å². The van der Waals surface area contributed by atoms with Gasteiger partial charge < -0.3 is 5.11 Å². The zero-order valence-corrected chi connectivity index (χ0v) is 15.1. The summed E-state index contributed by atoms with van der Waals surface area (Å²) in [5.41, 5.74) is -0.223. The molecule has 0 radical (unpaired) electrons. The predicted octanol–water partition coefficient (Wildman–Crippen LogP) is 3.89. The third-order valence-corrected chi connectivity index (χ3v) is 8.79. The molecular weight excluding hydrogens is 306 g/mol. The first kappa shape index (κ1) is 16.7. The number of hydrogen-bond acceptors (Lipinski definition) is 3. The number of rotatable bonds is 3. The first-order chi connectivity index (χ1) is 10.8. The lowest BCUT2D eigenvalue weighted by Crippen LogP contribution is -2.54. The summed E-state index contributed by atoms with van der Waals surface area (Å²) in [6, 6.07) is 9.35. The van der Waals surface area contributed by atoms with E-state index >= 15 is 0 Å². The molecule has 4 heteroatoms. The van der Waals surface area contributed by atoms with Crippen LogP contribution in [0.3, 0.4) is 0 Å². The summed E-state index contributed by atoms with van der Waals surface area (Å²) in [7, 11) is -1.04. The Balaban J connectivity index is 2.04. The zero-order chi connectivity index (χ0) is 16.9. The zero-order valence-electron chi connectivity index (χ0n) is 14.3. The van der Waals surface area contributed by atoms with Crippen LogP contribution in [0.1, 0.15) is 33.1 Å². The van der Waals surface area contributed by atoms with Gasteiger partial charge in [0.05, 0.1) is 21.1 Å². The van der Waals surface area contributed by atoms with Gasteiger partial charge in [0.2, 0.25) is 0 Å². The highest BCUT2D eigenvalue weighted by molar-refractivity contribution is 7.93. The standard InChI is InChI=1S/C19H27NO2S/c1-14-12-19(21,18(3)11-10-17(14)15(18)2)13-23(22,20-4)16-8-6-5-7-9-16/h5-9,14,17,21H,2,10-13H2,1,3-4H3/t14-,17-,18-,19+,23+/m1/s1. The monoisotopic (exact) mass is 333 g/mol. The average molecular weight is 333 g/mol. The van der Waals surface area contributed by atoms with Crippen molar-refractivity contribution in [1.82, 2.24) is 0 Å². The van der Waals surface area contributed by atoms with Crippen LogP contribution < -0.4 is 0 Å². The van der Waals surface area contributed by atoms with Gasteiger partial charge in [0.25, 0.3) is 0 Å². The molecule has 0 heterocycles. The van der Waals surface area contributed by atoms with Gasteiger partial charge in [-0.15, -0.1) is 0 Å². The maximum absolute atomic E-state index is 13.5. The van der Waals surface area contributed by atoms with E-state index in [-0.39, 0.29) is 11.2 Å². The Morgan fingerprint density at radius 1 is 1.39 bits per heavy atom. The smallest absolute Gasteiger partial charge is 0.0867 e. The fraction of sp³-hybridized carbons (Fsp3) is 0.579. The highest BCUT2D eigenvalue weighted by atomic mass is 32.2. The molecule has 1 aromatic carbocycles. The van der Waals surface area contributed by atoms with Crippen molar-refractivity contribution >= 4 is 9.73 Å². The molecule has 0 unspecified atom stereocenters. The van der Waals surface area contributed by atoms with Crippen LogP contribution in [-0.4, -0.2) is 27.7 Å². The molecule has 3 nitrogen and oxygen atoms in total. The van der Waals surface area contributed by atoms with E-state index in [9.17, 15) is 9.32 Å². The summed E-state index contributed by atoms with van der Waals surface area (Å²) >= 11 is 0. The second-order valence-electron chi connectivity index (χ2n) is 7.50. The van der Waals surface area contributed by atoms with Gasteiger partial charge in [0, 0.05) is 17.4 Å². The molecule has 5 atom stereocenters. The molecule has 0 aromatic heterocycles. The van der Waals surface area contributed by atoms with Crippen LogP contribution in [0.5, 0.6) is 0 Å². The van der Waals surface area contributed by atoms with Crippen molar-refractivity contribution in [3.8, 4) is 0 Å². The van der Waals surface area contributed by atoms with Crippen LogP contribution in [-0.2, 0) is 9.73 Å². The predicted molar refractivity (Wildman–Crippen MR) is 94.8 cm³/mol. The summed E-state index contributed by atoms with van der Waals surface area (Å²) < 4.78 is 17.7. The molecule has 2 fully saturated rings. The van der Waals surface area contributed by atoms with Crippen LogP contribution >= 0.6 is 0 Å². The Kier molecular flexibility index (Phi) is 3.96. The highest BCUT2D eigenvalue weighted by Gasteiger charge is 2.59. The van der Waals surface area contributed by atoms with Gasteiger partial charge in [-0.25, -0.2) is 8.57 Å². The molecule has 3 rings (SSSR count). The van der Waals surface area contributed by atoms with Gasteiger partial charge in [-0.1, -0.05) is 44.2 Å². The second kappa shape index (κ2) is 5.45. The minimum atomic E-state index is -2.64. The molecule has 126 valence electrons. The fourth-order valence-corrected chi connectivity index (χ4v) is 6.85. The molecule has 0 aliphatic heterocycles. The summed E-state index contributed by atoms with van der Waals surface area (Å²) in [6.07, 6.45) is 2.67. The first-order valence-corrected chi connectivity index (χ1v) is 10.0. The molecule has 2 aliphatic carbocycles. The van der Waals surface area contributed by atoms with E-state index in [1.807, 2.05) is 30.3 Å². The van der Waals surface area contributed by atoms with Crippen LogP contribution in [0.4, 0.5) is 0 Å². The minimum Gasteiger partial charge on any atom is -0.388 e. The molecule has 0 amide bonds. The van der Waals surface area contributed by atoms with Crippen molar-refractivity contribution < 1.29 is 9.32 Å². The highest BCUT2D eigenvalue weighted by Crippen LogP contribution is 2.61. The Hall–Kier alpha value is -1.13. The Morgan fingerprint density at radius 3 is 2.65 bits per heavy atom. The Labute approximate surface area is 140 Å². The number of hydrogen-bond donors (Lipinski definition) is 1. The molecule has 23 heavy (non-hydrogen) atoms. The normalized spacial score (nSPS) is 39.0. The van der Waals surface area contributed by atoms with E-state index in [0.717, 1.165) is 18.4 Å². The number of benzene rings is 1. The van der Waals surface area contributed by atoms with Gasteiger partial charge in [-0.05, 0) is 43.2 Å². The van der Waals surface area contributed by atoms with Gasteiger partial charge >= 0.3 is 0 Å². The van der Waals surface area contributed by atoms with E-state index in [1.165, 1.54) is 0 Å². The van der Waals surface area contributed by atoms with Crippen molar-refractivity contribution in [2.75, 3.05) is 12.8 Å². The van der Waals surface area contributed by atoms with Gasteiger partial charge in [0.15, 0.2) is 0 Å². The quantitative estimate of drug-likeness (QED) is 0.853. The second-order valence-corrected chi connectivity index (χ2v) is 9.90. The van der Waals surface area contributed by atoms with Crippen LogP contribution in [0.2, 0.25) is 0 Å². The number of fused-ring (bicyclic) bond motifs is 2. The van der Waals surface area contributed by atoms with Gasteiger partial charge in [0.1, 0.15) is 0 Å². The summed E-state index contributed by atoms with van der Waals surface area (Å²) in [6.45, 7) is 8.58. The maximum Gasteiger partial charge on any atom is 0.0867 e. The van der Waals surface area contributed by atoms with Crippen molar-refractivity contribution in [2.24, 2.45) is 21.6 Å². The van der Waals surface area contributed by atoms with Gasteiger partial charge in [-0.3, -0.25) is 0 Å². The third kappa shape index (κ3) is 2.38. The summed E-state index contributed by atoms with van der Waals surface area (Å²) in [4.78, 5) is 0.706. The van der Waals surface area contributed by atoms with E-state index in [4.69, 9.17) is 0 Å². The molecule has 0 spiro atoms. The van der Waals surface area contributed by atoms with E-state index in [1.54, 1.807) is 7.05 Å². The topological polar surface area (TPSA) is 49.7 Å². The lowest BCUT2D eigenvalue weighted by molar-refractivity contribution is -0.0641. The summed E-state index contributed by atoms with van der Waals surface area (Å²) in [5, 5.41) is 11.6. The van der Waals surface area contributed by atoms with Crippen molar-refractivity contribution in [1.29, 1.82) is 0 Å². The SMILES string of the molecule is C=C1[C@@H]2CC[C@@]1(C)[C@@](O)(C[S@@](=O)(=NC)c1ccccc1)C[C@H]2C. The minimum absolute atomic E-state index is 0.188. The van der Waals surface area contributed by atoms with E-state index in [2.05, 4.69) is 24.8 Å². The third-order valence-electron chi connectivity index (χ3n) is 6.33. The molecule has 2 aliphatic rings. The maximum atomic E-state index is 13.5. The van der Waals surface area contributed by atoms with Crippen molar-refractivity contribution in [3.63, 3.8) is 0 Å². The fourth-order valence-electron chi connectivity index (χ4n) is 4.68. The Bertz CT molecular complexity index is 735. The van der Waals surface area contributed by atoms with Crippen LogP contribution in [0, 0.1) is 17.3 Å². The number of aliphatic hydroxyl groups is 1. The lowest BCUT2D eigenvalue weighted by atomic mass is 9.61. The average Bonchev–Trinajstić information content (AvgIpc) is 2.80. The van der Waals surface area contributed by atoms with E-state index < -0.39 is 15.3 Å². The number of nitrogens with zero attached hydrogens (tertiary/aromatic N) is 1. The van der Waals surface area contributed by atoms with Crippen LogP contribution in [0.25, 0.3) is 0 Å². The first-order valence-electron chi connectivity index (χ1n) is 8.35. The molecule has 1 aromatic rings. The Morgan fingerprint density at radius 2 is 2.04 bits per heavy atom. The van der Waals surface area contributed by atoms with Crippen molar-refractivity contribution in [3.05, 3.63) is 42.5 Å². The largest absolute Gasteiger partial charge is 0.388 e. The molecule has 0 saturated heterocycles. The molecule has 1 N–H and O–H groups in total. The molecule has 2 saturated carbocycles. The molecule has 2 bridgehead atoms. The van der Waals surface area contributed by atoms with Gasteiger partial charge in [-0.2, -0.15) is 0 Å². The lowest BCUT2D eigenvalue weighted by Gasteiger charge is -2.50. The molecular formula is C19H27NO2S. The van der Waals surface area contributed by atoms with Crippen molar-refractivity contribution in [2.45, 2.75) is 43.6 Å².